The van der Waals surface area contributed by atoms with Crippen molar-refractivity contribution in [3.8, 4) is 0 Å². The van der Waals surface area contributed by atoms with Crippen LogP contribution in [0.25, 0.3) is 0 Å². The zero-order valence-electron chi connectivity index (χ0n) is 7.64. The smallest absolute Gasteiger partial charge is 0.0474 e. The van der Waals surface area contributed by atoms with Crippen molar-refractivity contribution in [2.24, 2.45) is 0 Å². The molecule has 68 valence electrons. The van der Waals surface area contributed by atoms with Gasteiger partial charge in [0.15, 0.2) is 0 Å². The Morgan fingerprint density at radius 1 is 1.55 bits per heavy atom. The quantitative estimate of drug-likeness (QED) is 0.454. The Morgan fingerprint density at radius 2 is 2.18 bits per heavy atom. The van der Waals surface area contributed by atoms with Gasteiger partial charge in [-0.25, -0.2) is 0 Å². The Bertz CT molecular complexity index is 90.2. The summed E-state index contributed by atoms with van der Waals surface area (Å²) in [6.45, 7) is 4.01. The molecule has 0 fully saturated rings. The minimum absolute atomic E-state index is 0.466. The molecule has 11 heavy (non-hydrogen) atoms. The van der Waals surface area contributed by atoms with Crippen molar-refractivity contribution in [2.45, 2.75) is 19.4 Å². The first-order chi connectivity index (χ1) is 5.22. The Balaban J connectivity index is 3.28. The average molecular weight is 180 g/mol. The summed E-state index contributed by atoms with van der Waals surface area (Å²) in [6.07, 6.45) is 1.08. The molecular formula is C8H18ClNO. The van der Waals surface area contributed by atoms with Crippen LogP contribution in [0, 0.1) is 0 Å². The number of nitrogens with zero attached hydrogens (tertiary/aromatic N) is 1. The Hall–Kier alpha value is 0.210. The van der Waals surface area contributed by atoms with Crippen LogP contribution in [0.5, 0.6) is 0 Å². The van der Waals surface area contributed by atoms with Gasteiger partial charge in [-0.05, 0) is 20.4 Å². The molecule has 0 N–H and O–H groups in total. The molecule has 0 aliphatic heterocycles. The van der Waals surface area contributed by atoms with Gasteiger partial charge in [-0.2, -0.15) is 0 Å². The molecule has 0 saturated heterocycles. The van der Waals surface area contributed by atoms with Crippen LogP contribution < -0.4 is 0 Å². The van der Waals surface area contributed by atoms with E-state index in [1.807, 2.05) is 0 Å². The number of rotatable bonds is 6. The monoisotopic (exact) mass is 179 g/mol. The summed E-state index contributed by atoms with van der Waals surface area (Å²) >= 11 is 5.69. The van der Waals surface area contributed by atoms with Gasteiger partial charge in [0.1, 0.15) is 0 Å². The van der Waals surface area contributed by atoms with Gasteiger partial charge in [0.2, 0.25) is 0 Å². The van der Waals surface area contributed by atoms with Crippen LogP contribution >= 0.6 is 11.6 Å². The number of halogens is 1. The molecule has 0 amide bonds. The molecule has 0 aromatic heterocycles. The molecule has 0 saturated carbocycles. The second-order valence-corrected chi connectivity index (χ2v) is 3.14. The summed E-state index contributed by atoms with van der Waals surface area (Å²) in [7, 11) is 3.81. The van der Waals surface area contributed by atoms with Crippen molar-refractivity contribution in [1.82, 2.24) is 4.90 Å². The molecule has 1 atom stereocenters. The molecule has 0 aromatic carbocycles. The maximum Gasteiger partial charge on any atom is 0.0474 e. The first kappa shape index (κ1) is 11.2. The van der Waals surface area contributed by atoms with Crippen LogP contribution in [0.15, 0.2) is 0 Å². The number of methoxy groups -OCH3 is 1. The highest BCUT2D eigenvalue weighted by Crippen LogP contribution is 1.98. The van der Waals surface area contributed by atoms with Crippen LogP contribution in [0.2, 0.25) is 0 Å². The third-order valence-electron chi connectivity index (χ3n) is 1.84. The lowest BCUT2D eigenvalue weighted by Crippen LogP contribution is -2.31. The minimum atomic E-state index is 0.466. The van der Waals surface area contributed by atoms with Crippen LogP contribution in [-0.4, -0.2) is 44.1 Å². The predicted octanol–water partition coefficient (Wildman–Crippen LogP) is 1.58. The van der Waals surface area contributed by atoms with Gasteiger partial charge in [0.05, 0.1) is 0 Å². The van der Waals surface area contributed by atoms with E-state index < -0.39 is 0 Å². The van der Waals surface area contributed by atoms with E-state index in [2.05, 4.69) is 18.9 Å². The second-order valence-electron chi connectivity index (χ2n) is 2.83. The number of hydrogen-bond acceptors (Lipinski definition) is 2. The zero-order valence-corrected chi connectivity index (χ0v) is 8.40. The topological polar surface area (TPSA) is 12.5 Å². The summed E-state index contributed by atoms with van der Waals surface area (Å²) in [4.78, 5) is 2.24. The largest absolute Gasteiger partial charge is 0.385 e. The van der Waals surface area contributed by atoms with E-state index in [0.717, 1.165) is 19.6 Å². The molecule has 2 nitrogen and oxygen atoms in total. The van der Waals surface area contributed by atoms with Crippen molar-refractivity contribution in [3.63, 3.8) is 0 Å². The first-order valence-corrected chi connectivity index (χ1v) is 4.51. The highest BCUT2D eigenvalue weighted by Gasteiger charge is 2.05. The third-order valence-corrected chi connectivity index (χ3v) is 2.28. The molecule has 0 aliphatic rings. The van der Waals surface area contributed by atoms with E-state index in [4.69, 9.17) is 16.3 Å². The number of alkyl halides is 1. The summed E-state index contributed by atoms with van der Waals surface area (Å²) < 4.78 is 4.95. The van der Waals surface area contributed by atoms with Crippen LogP contribution in [-0.2, 0) is 4.74 Å². The van der Waals surface area contributed by atoms with E-state index in [1.54, 1.807) is 7.11 Å². The lowest BCUT2D eigenvalue weighted by atomic mass is 10.3. The fourth-order valence-corrected chi connectivity index (χ4v) is 1.03. The fraction of sp³-hybridized carbons (Fsp3) is 1.00. The van der Waals surface area contributed by atoms with Gasteiger partial charge in [0.25, 0.3) is 0 Å². The van der Waals surface area contributed by atoms with Gasteiger partial charge in [-0.15, -0.1) is 11.6 Å². The summed E-state index contributed by atoms with van der Waals surface area (Å²) in [5.41, 5.74) is 0. The van der Waals surface area contributed by atoms with E-state index in [0.29, 0.717) is 11.9 Å². The Labute approximate surface area is 74.5 Å². The SMILES string of the molecule is COCCCN(C)C(C)CCl. The summed E-state index contributed by atoms with van der Waals surface area (Å²) in [5.74, 6) is 0.698. The molecule has 0 spiro atoms. The first-order valence-electron chi connectivity index (χ1n) is 3.97. The molecule has 1 unspecified atom stereocenters. The molecular weight excluding hydrogens is 162 g/mol. The second kappa shape index (κ2) is 6.89. The minimum Gasteiger partial charge on any atom is -0.385 e. The van der Waals surface area contributed by atoms with Crippen molar-refractivity contribution in [1.29, 1.82) is 0 Å². The lowest BCUT2D eigenvalue weighted by Gasteiger charge is -2.22. The molecule has 0 aliphatic carbocycles. The van der Waals surface area contributed by atoms with Crippen LogP contribution in [0.1, 0.15) is 13.3 Å². The van der Waals surface area contributed by atoms with Gasteiger partial charge < -0.3 is 9.64 Å². The van der Waals surface area contributed by atoms with Crippen molar-refractivity contribution in [3.05, 3.63) is 0 Å². The van der Waals surface area contributed by atoms with Crippen molar-refractivity contribution in [2.75, 3.05) is 33.2 Å². The number of ether oxygens (including phenoxy) is 1. The highest BCUT2D eigenvalue weighted by molar-refractivity contribution is 6.18. The maximum atomic E-state index is 5.69. The summed E-state index contributed by atoms with van der Waals surface area (Å²) in [6, 6.07) is 0.466. The molecule has 0 heterocycles. The van der Waals surface area contributed by atoms with Crippen LogP contribution in [0.4, 0.5) is 0 Å². The molecule has 0 rings (SSSR count). The van der Waals surface area contributed by atoms with Gasteiger partial charge >= 0.3 is 0 Å². The summed E-state index contributed by atoms with van der Waals surface area (Å²) in [5, 5.41) is 0. The maximum absolute atomic E-state index is 5.69. The van der Waals surface area contributed by atoms with E-state index in [9.17, 15) is 0 Å². The average Bonchev–Trinajstić information content (AvgIpc) is 2.03. The third kappa shape index (κ3) is 5.48. The zero-order chi connectivity index (χ0) is 8.69. The molecule has 0 radical (unpaired) electrons. The van der Waals surface area contributed by atoms with Crippen LogP contribution in [0.3, 0.4) is 0 Å². The van der Waals surface area contributed by atoms with Crippen molar-refractivity contribution < 1.29 is 4.74 Å². The molecule has 0 bridgehead atoms. The highest BCUT2D eigenvalue weighted by atomic mass is 35.5. The standard InChI is InChI=1S/C8H18ClNO/c1-8(7-9)10(2)5-4-6-11-3/h8H,4-7H2,1-3H3. The normalized spacial score (nSPS) is 13.9. The van der Waals surface area contributed by atoms with Gasteiger partial charge in [0, 0.05) is 32.2 Å². The fourth-order valence-electron chi connectivity index (χ4n) is 0.796. The molecule has 0 aromatic rings. The van der Waals surface area contributed by atoms with E-state index >= 15 is 0 Å². The van der Waals surface area contributed by atoms with Gasteiger partial charge in [-0.3, -0.25) is 0 Å². The molecule has 3 heteroatoms. The lowest BCUT2D eigenvalue weighted by molar-refractivity contribution is 0.172. The Kier molecular flexibility index (Phi) is 7.02. The predicted molar refractivity (Wildman–Crippen MR) is 49.3 cm³/mol. The Morgan fingerprint density at radius 3 is 2.64 bits per heavy atom. The van der Waals surface area contributed by atoms with Crippen molar-refractivity contribution >= 4 is 11.6 Å². The van der Waals surface area contributed by atoms with E-state index in [1.165, 1.54) is 0 Å². The van der Waals surface area contributed by atoms with Gasteiger partial charge in [-0.1, -0.05) is 0 Å². The number of hydrogen-bond donors (Lipinski definition) is 0. The van der Waals surface area contributed by atoms with E-state index in [-0.39, 0.29) is 0 Å².